The van der Waals surface area contributed by atoms with Crippen LogP contribution in [-0.2, 0) is 7.05 Å². The lowest BCUT2D eigenvalue weighted by Gasteiger charge is -2.13. The van der Waals surface area contributed by atoms with E-state index < -0.39 is 0 Å². The molecular weight excluding hydrogens is 208 g/mol. The van der Waals surface area contributed by atoms with Crippen LogP contribution in [0.3, 0.4) is 0 Å². The molecule has 90 valence electrons. The summed E-state index contributed by atoms with van der Waals surface area (Å²) in [6, 6.07) is 11.7. The van der Waals surface area contributed by atoms with Gasteiger partial charge in [0.2, 0.25) is 0 Å². The highest BCUT2D eigenvalue weighted by Gasteiger charge is 2.20. The van der Waals surface area contributed by atoms with E-state index in [0.717, 1.165) is 0 Å². The van der Waals surface area contributed by atoms with Gasteiger partial charge in [-0.15, -0.1) is 0 Å². The van der Waals surface area contributed by atoms with Gasteiger partial charge in [0.25, 0.3) is 0 Å². The van der Waals surface area contributed by atoms with Gasteiger partial charge in [-0.05, 0) is 31.4 Å². The van der Waals surface area contributed by atoms with Gasteiger partial charge in [0, 0.05) is 24.4 Å². The summed E-state index contributed by atoms with van der Waals surface area (Å²) in [5.41, 5.74) is 2.85. The van der Waals surface area contributed by atoms with Crippen molar-refractivity contribution in [2.75, 3.05) is 6.54 Å². The Hall–Kier alpha value is -1.28. The first-order valence-corrected chi connectivity index (χ1v) is 6.74. The Balaban J connectivity index is 2.01. The molecular formula is C15H21N2+. The second-order valence-electron chi connectivity index (χ2n) is 5.17. The number of nitrogens with zero attached hydrogens (tertiary/aromatic N) is 1. The van der Waals surface area contributed by atoms with E-state index in [-0.39, 0.29) is 0 Å². The summed E-state index contributed by atoms with van der Waals surface area (Å²) in [7, 11) is 2.20. The van der Waals surface area contributed by atoms with Crippen molar-refractivity contribution in [3.63, 3.8) is 0 Å². The summed E-state index contributed by atoms with van der Waals surface area (Å²) in [5.74, 6) is 0. The van der Waals surface area contributed by atoms with Crippen molar-refractivity contribution in [2.24, 2.45) is 7.05 Å². The topological polar surface area (TPSA) is 21.5 Å². The highest BCUT2D eigenvalue weighted by atomic mass is 15.0. The van der Waals surface area contributed by atoms with E-state index in [1.54, 1.807) is 0 Å². The average molecular weight is 229 g/mol. The number of benzene rings is 1. The van der Waals surface area contributed by atoms with Crippen molar-refractivity contribution in [2.45, 2.75) is 31.7 Å². The molecule has 2 nitrogen and oxygen atoms in total. The second-order valence-corrected chi connectivity index (χ2v) is 5.17. The molecule has 1 fully saturated rings. The molecule has 1 aromatic carbocycles. The number of hydrogen-bond acceptors (Lipinski definition) is 0. The number of hydrogen-bond donors (Lipinski definition) is 1. The van der Waals surface area contributed by atoms with Crippen LogP contribution in [0.1, 0.15) is 37.4 Å². The molecule has 17 heavy (non-hydrogen) atoms. The van der Waals surface area contributed by atoms with Crippen molar-refractivity contribution < 1.29 is 5.32 Å². The number of para-hydroxylation sites is 1. The predicted molar refractivity (Wildman–Crippen MR) is 70.9 cm³/mol. The minimum atomic E-state index is 0.662. The second kappa shape index (κ2) is 4.53. The summed E-state index contributed by atoms with van der Waals surface area (Å²) in [6.07, 6.45) is 5.48. The molecule has 0 aliphatic carbocycles. The minimum absolute atomic E-state index is 0.662. The maximum atomic E-state index is 2.53. The van der Waals surface area contributed by atoms with E-state index >= 15 is 0 Å². The van der Waals surface area contributed by atoms with Crippen LogP contribution in [0.15, 0.2) is 30.3 Å². The van der Waals surface area contributed by atoms with Crippen LogP contribution >= 0.6 is 0 Å². The van der Waals surface area contributed by atoms with Crippen LogP contribution in [0.2, 0.25) is 0 Å². The lowest BCUT2D eigenvalue weighted by Crippen LogP contribution is -2.85. The average Bonchev–Trinajstić information content (AvgIpc) is 2.57. The molecule has 1 aliphatic heterocycles. The van der Waals surface area contributed by atoms with Crippen molar-refractivity contribution in [3.8, 4) is 0 Å². The van der Waals surface area contributed by atoms with Gasteiger partial charge in [-0.2, -0.15) is 0 Å². The fraction of sp³-hybridized carbons (Fsp3) is 0.467. The Kier molecular flexibility index (Phi) is 2.89. The standard InChI is InChI=1S/C15H20N2/c1-17-14-9-5-4-7-12(14)11-15(17)13-8-3-2-6-10-16-13/h4-5,7,9,11,13,16H,2-3,6,8,10H2,1H3/p+1/t13-/m0/s1. The zero-order valence-electron chi connectivity index (χ0n) is 10.5. The number of quaternary nitrogens is 1. The Morgan fingerprint density at radius 3 is 2.94 bits per heavy atom. The summed E-state index contributed by atoms with van der Waals surface area (Å²) < 4.78 is 2.38. The van der Waals surface area contributed by atoms with E-state index in [9.17, 15) is 0 Å². The molecule has 1 atom stereocenters. The van der Waals surface area contributed by atoms with Crippen LogP contribution in [0.25, 0.3) is 10.9 Å². The minimum Gasteiger partial charge on any atom is -0.343 e. The quantitative estimate of drug-likeness (QED) is 0.775. The zero-order valence-corrected chi connectivity index (χ0v) is 10.5. The third-order valence-corrected chi connectivity index (χ3v) is 4.04. The highest BCUT2D eigenvalue weighted by molar-refractivity contribution is 5.81. The van der Waals surface area contributed by atoms with E-state index in [4.69, 9.17) is 0 Å². The Morgan fingerprint density at radius 1 is 1.18 bits per heavy atom. The smallest absolute Gasteiger partial charge is 0.127 e. The van der Waals surface area contributed by atoms with Crippen molar-refractivity contribution in [3.05, 3.63) is 36.0 Å². The number of aromatic nitrogens is 1. The van der Waals surface area contributed by atoms with Gasteiger partial charge in [-0.25, -0.2) is 0 Å². The monoisotopic (exact) mass is 229 g/mol. The molecule has 1 aromatic heterocycles. The van der Waals surface area contributed by atoms with E-state index in [1.807, 2.05) is 0 Å². The van der Waals surface area contributed by atoms with Crippen LogP contribution in [0.5, 0.6) is 0 Å². The summed E-state index contributed by atoms with van der Waals surface area (Å²) in [5, 5.41) is 3.91. The summed E-state index contributed by atoms with van der Waals surface area (Å²) >= 11 is 0. The molecule has 0 bridgehead atoms. The first-order valence-electron chi connectivity index (χ1n) is 6.74. The molecule has 2 heterocycles. The van der Waals surface area contributed by atoms with Gasteiger partial charge in [-0.1, -0.05) is 18.2 Å². The third-order valence-electron chi connectivity index (χ3n) is 4.04. The van der Waals surface area contributed by atoms with Gasteiger partial charge < -0.3 is 9.88 Å². The zero-order chi connectivity index (χ0) is 11.7. The van der Waals surface area contributed by atoms with E-state index in [1.165, 1.54) is 48.8 Å². The van der Waals surface area contributed by atoms with Crippen LogP contribution < -0.4 is 5.32 Å². The molecule has 1 saturated heterocycles. The molecule has 3 rings (SSSR count). The molecule has 0 spiro atoms. The molecule has 2 N–H and O–H groups in total. The lowest BCUT2D eigenvalue weighted by molar-refractivity contribution is -0.695. The van der Waals surface area contributed by atoms with Gasteiger partial charge in [-0.3, -0.25) is 0 Å². The van der Waals surface area contributed by atoms with Gasteiger partial charge >= 0.3 is 0 Å². The van der Waals surface area contributed by atoms with E-state index in [0.29, 0.717) is 6.04 Å². The molecule has 1 aliphatic rings. The first-order chi connectivity index (χ1) is 8.36. The highest BCUT2D eigenvalue weighted by Crippen LogP contribution is 2.25. The lowest BCUT2D eigenvalue weighted by atomic mass is 10.1. The van der Waals surface area contributed by atoms with Crippen molar-refractivity contribution in [1.29, 1.82) is 0 Å². The van der Waals surface area contributed by atoms with E-state index in [2.05, 4.69) is 47.3 Å². The Bertz CT molecular complexity index is 505. The van der Waals surface area contributed by atoms with Crippen LogP contribution in [0.4, 0.5) is 0 Å². The molecule has 0 saturated carbocycles. The normalized spacial score (nSPS) is 21.6. The number of aryl methyl sites for hydroxylation is 1. The maximum Gasteiger partial charge on any atom is 0.127 e. The molecule has 0 amide bonds. The Labute approximate surface area is 103 Å². The van der Waals surface area contributed by atoms with Gasteiger partial charge in [0.15, 0.2) is 0 Å². The van der Waals surface area contributed by atoms with Gasteiger partial charge in [0.1, 0.15) is 6.04 Å². The van der Waals surface area contributed by atoms with Crippen LogP contribution in [-0.4, -0.2) is 11.1 Å². The van der Waals surface area contributed by atoms with Gasteiger partial charge in [0.05, 0.1) is 12.2 Å². The predicted octanol–water partition coefficient (Wildman–Crippen LogP) is 2.36. The molecule has 2 aromatic rings. The molecule has 0 unspecified atom stereocenters. The molecule has 0 radical (unpaired) electrons. The van der Waals surface area contributed by atoms with Crippen molar-refractivity contribution >= 4 is 10.9 Å². The maximum absolute atomic E-state index is 2.53. The SMILES string of the molecule is Cn1c([C@@H]2CCCCC[NH2+]2)cc2ccccc21. The number of nitrogens with two attached hydrogens (primary N) is 1. The third kappa shape index (κ3) is 1.98. The Morgan fingerprint density at radius 2 is 2.06 bits per heavy atom. The number of fused-ring (bicyclic) bond motifs is 1. The molecule has 2 heteroatoms. The largest absolute Gasteiger partial charge is 0.343 e. The fourth-order valence-corrected chi connectivity index (χ4v) is 3.06. The number of rotatable bonds is 1. The fourth-order valence-electron chi connectivity index (χ4n) is 3.06. The summed E-state index contributed by atoms with van der Waals surface area (Å²) in [6.45, 7) is 1.28. The van der Waals surface area contributed by atoms with Crippen molar-refractivity contribution in [1.82, 2.24) is 4.57 Å². The first kappa shape index (κ1) is 10.8. The summed E-state index contributed by atoms with van der Waals surface area (Å²) in [4.78, 5) is 0. The van der Waals surface area contributed by atoms with Crippen LogP contribution in [0, 0.1) is 0 Å².